The van der Waals surface area contributed by atoms with Crippen LogP contribution in [-0.4, -0.2) is 36.0 Å². The highest BCUT2D eigenvalue weighted by Crippen LogP contribution is 2.34. The van der Waals surface area contributed by atoms with Gasteiger partial charge in [-0.25, -0.2) is 0 Å². The Bertz CT molecular complexity index is 460. The lowest BCUT2D eigenvalue weighted by Crippen LogP contribution is -2.48. The summed E-state index contributed by atoms with van der Waals surface area (Å²) in [4.78, 5) is 14.6. The maximum Gasteiger partial charge on any atom is 0.251 e. The summed E-state index contributed by atoms with van der Waals surface area (Å²) < 4.78 is 0. The molecule has 3 nitrogen and oxygen atoms in total. The second-order valence-electron chi connectivity index (χ2n) is 5.70. The molecule has 19 heavy (non-hydrogen) atoms. The number of halogens is 1. The predicted molar refractivity (Wildman–Crippen MR) is 76.5 cm³/mol. The first kappa shape index (κ1) is 12.9. The second-order valence-corrected chi connectivity index (χ2v) is 6.14. The fourth-order valence-corrected chi connectivity index (χ4v) is 3.53. The number of nitrogens with zero attached hydrogens (tertiary/aromatic N) is 1. The molecule has 2 fully saturated rings. The number of benzene rings is 1. The summed E-state index contributed by atoms with van der Waals surface area (Å²) in [5.41, 5.74) is 0.690. The molecule has 0 saturated carbocycles. The van der Waals surface area contributed by atoms with Gasteiger partial charge in [-0.05, 0) is 57.0 Å². The smallest absolute Gasteiger partial charge is 0.251 e. The van der Waals surface area contributed by atoms with Crippen molar-refractivity contribution < 1.29 is 4.79 Å². The number of hydrogen-bond acceptors (Lipinski definition) is 2. The number of carbonyl (C=O) groups excluding carboxylic acids is 1. The summed E-state index contributed by atoms with van der Waals surface area (Å²) in [6.45, 7) is 0. The van der Waals surface area contributed by atoms with Crippen LogP contribution in [0.15, 0.2) is 24.3 Å². The lowest BCUT2D eigenvalue weighted by atomic mass is 9.97. The Morgan fingerprint density at radius 3 is 2.37 bits per heavy atom. The van der Waals surface area contributed by atoms with E-state index in [0.717, 1.165) is 12.8 Å². The van der Waals surface area contributed by atoms with Gasteiger partial charge in [0.25, 0.3) is 5.91 Å². The van der Waals surface area contributed by atoms with Gasteiger partial charge in [0.15, 0.2) is 0 Å². The largest absolute Gasteiger partial charge is 0.349 e. The van der Waals surface area contributed by atoms with Crippen LogP contribution >= 0.6 is 11.6 Å². The van der Waals surface area contributed by atoms with Gasteiger partial charge in [-0.3, -0.25) is 4.79 Å². The van der Waals surface area contributed by atoms with E-state index in [0.29, 0.717) is 28.7 Å². The minimum atomic E-state index is 0.0191. The first-order chi connectivity index (χ1) is 9.13. The van der Waals surface area contributed by atoms with Crippen LogP contribution in [0.4, 0.5) is 0 Å². The summed E-state index contributed by atoms with van der Waals surface area (Å²) in [6, 6.07) is 8.69. The lowest BCUT2D eigenvalue weighted by Gasteiger charge is -2.36. The third kappa shape index (κ3) is 2.63. The summed E-state index contributed by atoms with van der Waals surface area (Å²) in [5, 5.41) is 3.83. The molecule has 0 radical (unpaired) electrons. The minimum absolute atomic E-state index is 0.0191. The topological polar surface area (TPSA) is 32.3 Å². The molecule has 0 unspecified atom stereocenters. The molecule has 2 aliphatic rings. The Balaban J connectivity index is 1.63. The summed E-state index contributed by atoms with van der Waals surface area (Å²) in [7, 11) is 2.21. The van der Waals surface area contributed by atoms with E-state index in [-0.39, 0.29) is 5.91 Å². The van der Waals surface area contributed by atoms with E-state index in [1.165, 1.54) is 12.8 Å². The normalized spacial score (nSPS) is 30.3. The van der Waals surface area contributed by atoms with Gasteiger partial charge in [0, 0.05) is 28.7 Å². The Kier molecular flexibility index (Phi) is 3.50. The number of carbonyl (C=O) groups is 1. The molecule has 1 N–H and O–H groups in total. The maximum atomic E-state index is 12.2. The van der Waals surface area contributed by atoms with Crippen molar-refractivity contribution in [1.29, 1.82) is 0 Å². The van der Waals surface area contributed by atoms with Crippen LogP contribution in [0.2, 0.25) is 5.02 Å². The van der Waals surface area contributed by atoms with Crippen LogP contribution in [0.25, 0.3) is 0 Å². The molecule has 2 heterocycles. The molecule has 102 valence electrons. The SMILES string of the molecule is CN1[C@H]2CC[C@H]1CC(NC(=O)c1ccc(Cl)cc1)C2. The molecular weight excluding hydrogens is 260 g/mol. The van der Waals surface area contributed by atoms with Gasteiger partial charge in [-0.1, -0.05) is 11.6 Å². The zero-order valence-corrected chi connectivity index (χ0v) is 11.9. The fraction of sp³-hybridized carbons (Fsp3) is 0.533. The van der Waals surface area contributed by atoms with Crippen LogP contribution in [0.1, 0.15) is 36.0 Å². The molecule has 3 rings (SSSR count). The summed E-state index contributed by atoms with van der Waals surface area (Å²) in [5.74, 6) is 0.0191. The van der Waals surface area contributed by atoms with Crippen molar-refractivity contribution in [1.82, 2.24) is 10.2 Å². The number of piperidine rings is 1. The molecule has 4 heteroatoms. The lowest BCUT2D eigenvalue weighted by molar-refractivity contribution is 0.0882. The van der Waals surface area contributed by atoms with Gasteiger partial charge in [0.2, 0.25) is 0 Å². The Labute approximate surface area is 118 Å². The Hall–Kier alpha value is -1.06. The van der Waals surface area contributed by atoms with Crippen molar-refractivity contribution in [3.63, 3.8) is 0 Å². The molecule has 1 amide bonds. The number of fused-ring (bicyclic) bond motifs is 2. The van der Waals surface area contributed by atoms with Gasteiger partial charge in [-0.2, -0.15) is 0 Å². The van der Waals surface area contributed by atoms with Crippen LogP contribution in [-0.2, 0) is 0 Å². The van der Waals surface area contributed by atoms with Gasteiger partial charge in [0.05, 0.1) is 0 Å². The van der Waals surface area contributed by atoms with Gasteiger partial charge >= 0.3 is 0 Å². The van der Waals surface area contributed by atoms with Crippen molar-refractivity contribution in [2.45, 2.75) is 43.8 Å². The van der Waals surface area contributed by atoms with E-state index in [1.54, 1.807) is 24.3 Å². The second kappa shape index (κ2) is 5.14. The van der Waals surface area contributed by atoms with Gasteiger partial charge < -0.3 is 10.2 Å². The third-order valence-electron chi connectivity index (χ3n) is 4.54. The van der Waals surface area contributed by atoms with E-state index in [1.807, 2.05) is 0 Å². The molecular formula is C15H19ClN2O. The maximum absolute atomic E-state index is 12.2. The molecule has 2 aliphatic heterocycles. The van der Waals surface area contributed by atoms with Crippen molar-refractivity contribution in [2.24, 2.45) is 0 Å². The third-order valence-corrected chi connectivity index (χ3v) is 4.79. The molecule has 0 aromatic heterocycles. The summed E-state index contributed by atoms with van der Waals surface area (Å²) in [6.07, 6.45) is 4.70. The van der Waals surface area contributed by atoms with Gasteiger partial charge in [0.1, 0.15) is 0 Å². The standard InChI is InChI=1S/C15H19ClN2O/c1-18-13-6-7-14(18)9-12(8-13)17-15(19)10-2-4-11(16)5-3-10/h2-5,12-14H,6-9H2,1H3,(H,17,19)/t13-,14-/m0/s1. The Morgan fingerprint density at radius 2 is 1.79 bits per heavy atom. The number of nitrogens with one attached hydrogen (secondary N) is 1. The van der Waals surface area contributed by atoms with E-state index < -0.39 is 0 Å². The molecule has 2 bridgehead atoms. The van der Waals surface area contributed by atoms with Crippen molar-refractivity contribution in [3.05, 3.63) is 34.9 Å². The summed E-state index contributed by atoms with van der Waals surface area (Å²) >= 11 is 5.83. The first-order valence-corrected chi connectivity index (χ1v) is 7.29. The van der Waals surface area contributed by atoms with Crippen LogP contribution in [0.5, 0.6) is 0 Å². The molecule has 0 aliphatic carbocycles. The molecule has 0 spiro atoms. The molecule has 2 atom stereocenters. The van der Waals surface area contributed by atoms with E-state index in [4.69, 9.17) is 11.6 Å². The monoisotopic (exact) mass is 278 g/mol. The van der Waals surface area contributed by atoms with Crippen LogP contribution < -0.4 is 5.32 Å². The average molecular weight is 279 g/mol. The van der Waals surface area contributed by atoms with E-state index >= 15 is 0 Å². The number of amides is 1. The van der Waals surface area contributed by atoms with E-state index in [9.17, 15) is 4.79 Å². The van der Waals surface area contributed by atoms with Crippen LogP contribution in [0.3, 0.4) is 0 Å². The molecule has 1 aromatic carbocycles. The zero-order chi connectivity index (χ0) is 13.4. The van der Waals surface area contributed by atoms with Crippen LogP contribution in [0, 0.1) is 0 Å². The Morgan fingerprint density at radius 1 is 1.21 bits per heavy atom. The minimum Gasteiger partial charge on any atom is -0.349 e. The first-order valence-electron chi connectivity index (χ1n) is 6.92. The van der Waals surface area contributed by atoms with Crippen molar-refractivity contribution in [3.8, 4) is 0 Å². The molecule has 2 saturated heterocycles. The highest BCUT2D eigenvalue weighted by Gasteiger charge is 2.38. The molecule has 1 aromatic rings. The van der Waals surface area contributed by atoms with Gasteiger partial charge in [-0.15, -0.1) is 0 Å². The van der Waals surface area contributed by atoms with Crippen molar-refractivity contribution >= 4 is 17.5 Å². The average Bonchev–Trinajstić information content (AvgIpc) is 2.63. The fourth-order valence-electron chi connectivity index (χ4n) is 3.40. The highest BCUT2D eigenvalue weighted by molar-refractivity contribution is 6.30. The quantitative estimate of drug-likeness (QED) is 0.902. The van der Waals surface area contributed by atoms with Crippen molar-refractivity contribution in [2.75, 3.05) is 7.05 Å². The highest BCUT2D eigenvalue weighted by atomic mass is 35.5. The number of hydrogen-bond donors (Lipinski definition) is 1. The predicted octanol–water partition coefficient (Wildman–Crippen LogP) is 2.70. The zero-order valence-electron chi connectivity index (χ0n) is 11.1. The number of rotatable bonds is 2. The van der Waals surface area contributed by atoms with E-state index in [2.05, 4.69) is 17.3 Å².